The number of rotatable bonds is 6. The number of amides is 1. The van der Waals surface area contributed by atoms with Crippen LogP contribution in [-0.4, -0.2) is 23.9 Å². The van der Waals surface area contributed by atoms with Crippen LogP contribution in [0.25, 0.3) is 11.1 Å². The second kappa shape index (κ2) is 10.1. The fourth-order valence-corrected chi connectivity index (χ4v) is 4.47. The number of nitrogens with zero attached hydrogens (tertiary/aromatic N) is 1. The molecule has 0 aliphatic carbocycles. The first-order valence-corrected chi connectivity index (χ1v) is 11.4. The number of nitrogens with one attached hydrogen (secondary N) is 1. The minimum absolute atomic E-state index is 0.0214. The van der Waals surface area contributed by atoms with E-state index in [4.69, 9.17) is 0 Å². The number of likely N-dealkylation sites (tertiary alicyclic amines) is 1. The molecule has 1 heterocycles. The number of carbonyl (C=O) groups is 1. The van der Waals surface area contributed by atoms with Crippen LogP contribution in [0.2, 0.25) is 0 Å². The highest BCUT2D eigenvalue weighted by Crippen LogP contribution is 2.29. The van der Waals surface area contributed by atoms with Gasteiger partial charge in [0.05, 0.1) is 0 Å². The van der Waals surface area contributed by atoms with E-state index in [9.17, 15) is 9.18 Å². The molecule has 1 N–H and O–H groups in total. The van der Waals surface area contributed by atoms with Crippen molar-refractivity contribution >= 4 is 5.91 Å². The van der Waals surface area contributed by atoms with Gasteiger partial charge in [0.25, 0.3) is 0 Å². The van der Waals surface area contributed by atoms with Gasteiger partial charge in [0.2, 0.25) is 5.91 Å². The Morgan fingerprint density at radius 3 is 2.34 bits per heavy atom. The van der Waals surface area contributed by atoms with Gasteiger partial charge < -0.3 is 5.32 Å². The molecule has 1 saturated heterocycles. The summed E-state index contributed by atoms with van der Waals surface area (Å²) in [5, 5.41) is 2.99. The van der Waals surface area contributed by atoms with Crippen LogP contribution in [0.3, 0.4) is 0 Å². The van der Waals surface area contributed by atoms with E-state index in [-0.39, 0.29) is 17.6 Å². The molecule has 1 fully saturated rings. The molecule has 0 radical (unpaired) electrons. The van der Waals surface area contributed by atoms with E-state index in [1.54, 1.807) is 13.0 Å². The number of carbonyl (C=O) groups excluding carboxylic acids is 1. The minimum atomic E-state index is -0.226. The van der Waals surface area contributed by atoms with Gasteiger partial charge in [-0.2, -0.15) is 0 Å². The lowest BCUT2D eigenvalue weighted by molar-refractivity contribution is -0.126. The Morgan fingerprint density at radius 1 is 0.938 bits per heavy atom. The lowest BCUT2D eigenvalue weighted by atomic mass is 9.93. The zero-order valence-corrected chi connectivity index (χ0v) is 18.9. The molecule has 1 amide bonds. The van der Waals surface area contributed by atoms with E-state index < -0.39 is 0 Å². The maximum Gasteiger partial charge on any atom is 0.223 e. The molecule has 166 valence electrons. The van der Waals surface area contributed by atoms with E-state index in [2.05, 4.69) is 65.7 Å². The number of piperidine rings is 1. The predicted molar refractivity (Wildman–Crippen MR) is 128 cm³/mol. The first-order valence-electron chi connectivity index (χ1n) is 11.4. The van der Waals surface area contributed by atoms with Crippen molar-refractivity contribution in [3.63, 3.8) is 0 Å². The predicted octanol–water partition coefficient (Wildman–Crippen LogP) is 5.64. The number of benzene rings is 3. The number of halogens is 1. The summed E-state index contributed by atoms with van der Waals surface area (Å²) in [5.74, 6) is -0.130. The molecule has 0 spiro atoms. The third-order valence-electron chi connectivity index (χ3n) is 6.51. The third-order valence-corrected chi connectivity index (χ3v) is 6.51. The summed E-state index contributed by atoms with van der Waals surface area (Å²) in [6.45, 7) is 6.96. The van der Waals surface area contributed by atoms with Crippen molar-refractivity contribution < 1.29 is 9.18 Å². The van der Waals surface area contributed by atoms with Gasteiger partial charge in [0.1, 0.15) is 5.82 Å². The molecule has 0 aromatic heterocycles. The van der Waals surface area contributed by atoms with Gasteiger partial charge >= 0.3 is 0 Å². The Bertz CT molecular complexity index is 1090. The lowest BCUT2D eigenvalue weighted by Gasteiger charge is -2.32. The average Bonchev–Trinajstić information content (AvgIpc) is 2.81. The fourth-order valence-electron chi connectivity index (χ4n) is 4.47. The summed E-state index contributed by atoms with van der Waals surface area (Å²) in [6.07, 6.45) is 1.70. The van der Waals surface area contributed by atoms with E-state index >= 15 is 0 Å². The van der Waals surface area contributed by atoms with Crippen LogP contribution in [0.1, 0.15) is 35.1 Å². The van der Waals surface area contributed by atoms with Crippen LogP contribution in [0, 0.1) is 25.6 Å². The number of aryl methyl sites for hydroxylation is 2. The summed E-state index contributed by atoms with van der Waals surface area (Å²) in [6, 6.07) is 22.2. The van der Waals surface area contributed by atoms with Gasteiger partial charge in [-0.3, -0.25) is 9.69 Å². The van der Waals surface area contributed by atoms with E-state index in [0.717, 1.165) is 38.0 Å². The zero-order valence-electron chi connectivity index (χ0n) is 18.9. The van der Waals surface area contributed by atoms with Crippen molar-refractivity contribution in [1.29, 1.82) is 0 Å². The molecule has 4 heteroatoms. The van der Waals surface area contributed by atoms with Gasteiger partial charge in [-0.15, -0.1) is 0 Å². The first kappa shape index (κ1) is 22.2. The van der Waals surface area contributed by atoms with E-state index in [1.807, 2.05) is 6.07 Å². The number of hydrogen-bond acceptors (Lipinski definition) is 2. The van der Waals surface area contributed by atoms with Crippen molar-refractivity contribution in [2.45, 2.75) is 39.8 Å². The fraction of sp³-hybridized carbons (Fsp3) is 0.321. The summed E-state index contributed by atoms with van der Waals surface area (Å²) < 4.78 is 13.7. The van der Waals surface area contributed by atoms with Crippen molar-refractivity contribution in [1.82, 2.24) is 10.2 Å². The van der Waals surface area contributed by atoms with Gasteiger partial charge in [-0.25, -0.2) is 4.39 Å². The van der Waals surface area contributed by atoms with Crippen LogP contribution in [-0.2, 0) is 17.9 Å². The zero-order chi connectivity index (χ0) is 22.5. The van der Waals surface area contributed by atoms with Crippen molar-refractivity contribution in [2.75, 3.05) is 13.1 Å². The smallest absolute Gasteiger partial charge is 0.223 e. The van der Waals surface area contributed by atoms with Crippen LogP contribution < -0.4 is 5.32 Å². The molecule has 4 rings (SSSR count). The quantitative estimate of drug-likeness (QED) is 0.549. The largest absolute Gasteiger partial charge is 0.352 e. The molecule has 3 aromatic carbocycles. The van der Waals surface area contributed by atoms with Crippen LogP contribution in [0.5, 0.6) is 0 Å². The minimum Gasteiger partial charge on any atom is -0.352 e. The molecule has 0 bridgehead atoms. The first-order chi connectivity index (χ1) is 15.5. The summed E-state index contributed by atoms with van der Waals surface area (Å²) >= 11 is 0. The normalized spacial score (nSPS) is 15.0. The Labute approximate surface area is 190 Å². The van der Waals surface area contributed by atoms with Crippen LogP contribution in [0.15, 0.2) is 66.7 Å². The second-order valence-corrected chi connectivity index (χ2v) is 8.82. The molecule has 1 aliphatic rings. The highest BCUT2D eigenvalue weighted by atomic mass is 19.1. The molecule has 0 atom stereocenters. The number of hydrogen-bond donors (Lipinski definition) is 1. The van der Waals surface area contributed by atoms with Crippen LogP contribution >= 0.6 is 0 Å². The molecule has 0 unspecified atom stereocenters. The Hall–Kier alpha value is -2.98. The Morgan fingerprint density at radius 2 is 1.62 bits per heavy atom. The monoisotopic (exact) mass is 430 g/mol. The SMILES string of the molecule is Cc1ccc(CNC(=O)C2CCN(Cc3ccccc3-c3ccccc3C)CC2)cc1F. The molecule has 1 aliphatic heterocycles. The highest BCUT2D eigenvalue weighted by molar-refractivity contribution is 5.78. The summed E-state index contributed by atoms with van der Waals surface area (Å²) in [4.78, 5) is 15.1. The van der Waals surface area contributed by atoms with Gasteiger partial charge in [-0.05, 0) is 79.2 Å². The topological polar surface area (TPSA) is 32.3 Å². The van der Waals surface area contributed by atoms with Crippen molar-refractivity contribution in [3.05, 3.63) is 94.8 Å². The van der Waals surface area contributed by atoms with Gasteiger partial charge in [0, 0.05) is 19.0 Å². The second-order valence-electron chi connectivity index (χ2n) is 8.82. The molecule has 3 aromatic rings. The maximum absolute atomic E-state index is 13.7. The Kier molecular flexibility index (Phi) is 7.01. The standard InChI is InChI=1S/C28H31FN2O/c1-20-7-3-5-9-25(20)26-10-6-4-8-24(26)19-31-15-13-23(14-16-31)28(32)30-18-22-12-11-21(2)27(29)17-22/h3-12,17,23H,13-16,18-19H2,1-2H3,(H,30,32). The average molecular weight is 431 g/mol. The Balaban J connectivity index is 1.32. The van der Waals surface area contributed by atoms with Gasteiger partial charge in [-0.1, -0.05) is 60.7 Å². The third kappa shape index (κ3) is 5.25. The molecule has 0 saturated carbocycles. The summed E-state index contributed by atoms with van der Waals surface area (Å²) in [7, 11) is 0. The maximum atomic E-state index is 13.7. The van der Waals surface area contributed by atoms with E-state index in [1.165, 1.54) is 28.3 Å². The highest BCUT2D eigenvalue weighted by Gasteiger charge is 2.25. The van der Waals surface area contributed by atoms with Crippen molar-refractivity contribution in [3.8, 4) is 11.1 Å². The molecule has 32 heavy (non-hydrogen) atoms. The van der Waals surface area contributed by atoms with Crippen molar-refractivity contribution in [2.24, 2.45) is 5.92 Å². The molecular formula is C28H31FN2O. The summed E-state index contributed by atoms with van der Waals surface area (Å²) in [5.41, 5.74) is 6.60. The molecular weight excluding hydrogens is 399 g/mol. The van der Waals surface area contributed by atoms with Crippen LogP contribution in [0.4, 0.5) is 4.39 Å². The van der Waals surface area contributed by atoms with Gasteiger partial charge in [0.15, 0.2) is 0 Å². The van der Waals surface area contributed by atoms with E-state index in [0.29, 0.717) is 12.1 Å². The molecule has 3 nitrogen and oxygen atoms in total. The lowest BCUT2D eigenvalue weighted by Crippen LogP contribution is -2.40.